The lowest BCUT2D eigenvalue weighted by molar-refractivity contribution is -0.125. The zero-order valence-corrected chi connectivity index (χ0v) is 18.1. The average Bonchev–Trinajstić information content (AvgIpc) is 3.13. The number of nitrogens with one attached hydrogen (secondary N) is 1. The molecule has 0 radical (unpaired) electrons. The molecule has 3 atom stereocenters. The third-order valence-corrected chi connectivity index (χ3v) is 6.04. The second-order valence-electron chi connectivity index (χ2n) is 8.37. The fourth-order valence-corrected chi connectivity index (χ4v) is 3.91. The van der Waals surface area contributed by atoms with Crippen molar-refractivity contribution in [2.75, 3.05) is 6.61 Å². The summed E-state index contributed by atoms with van der Waals surface area (Å²) >= 11 is 0. The van der Waals surface area contributed by atoms with Gasteiger partial charge in [-0.25, -0.2) is 8.78 Å². The molecule has 1 fully saturated rings. The molecule has 0 saturated carbocycles. The zero-order valence-electron chi connectivity index (χ0n) is 18.1. The average molecular weight is 417 g/mol. The lowest BCUT2D eigenvalue weighted by Crippen LogP contribution is -2.45. The maximum Gasteiger partial charge on any atom is 0.168 e. The molecule has 0 spiro atoms. The van der Waals surface area contributed by atoms with E-state index in [-0.39, 0.29) is 23.1 Å². The number of halogens is 2. The Morgan fingerprint density at radius 1 is 1.30 bits per heavy atom. The quantitative estimate of drug-likeness (QED) is 0.607. The Hall–Kier alpha value is -2.34. The van der Waals surface area contributed by atoms with Gasteiger partial charge in [0.2, 0.25) is 0 Å². The molecule has 0 amide bonds. The molecule has 3 unspecified atom stereocenters. The van der Waals surface area contributed by atoms with Gasteiger partial charge in [-0.15, -0.1) is 0 Å². The molecular formula is C24H30F2N2O2. The van der Waals surface area contributed by atoms with Gasteiger partial charge in [0.25, 0.3) is 0 Å². The van der Waals surface area contributed by atoms with Crippen LogP contribution in [0, 0.1) is 17.6 Å². The maximum atomic E-state index is 14.5. The lowest BCUT2D eigenvalue weighted by atomic mass is 9.88. The Bertz CT molecular complexity index is 918. The summed E-state index contributed by atoms with van der Waals surface area (Å²) in [4.78, 5) is 17.2. The lowest BCUT2D eigenvalue weighted by Gasteiger charge is -2.26. The molecule has 0 aliphatic carbocycles. The second kappa shape index (κ2) is 9.21. The van der Waals surface area contributed by atoms with Crippen LogP contribution in [-0.4, -0.2) is 22.9 Å². The molecule has 3 rings (SSSR count). The Labute approximate surface area is 177 Å². The van der Waals surface area contributed by atoms with E-state index in [2.05, 4.69) is 24.1 Å². The molecule has 4 nitrogen and oxygen atoms in total. The first-order chi connectivity index (χ1) is 14.3. The van der Waals surface area contributed by atoms with Crippen LogP contribution in [0.25, 0.3) is 11.1 Å². The van der Waals surface area contributed by atoms with Crippen LogP contribution < -0.4 is 10.1 Å². The van der Waals surface area contributed by atoms with Crippen LogP contribution in [0.4, 0.5) is 8.78 Å². The topological polar surface area (TPSA) is 51.2 Å². The number of hydrogen-bond donors (Lipinski definition) is 1. The fraction of sp³-hybridized carbons (Fsp3) is 0.500. The molecular weight excluding hydrogens is 386 g/mol. The minimum absolute atomic E-state index is 0.0227. The molecule has 0 bridgehead atoms. The monoisotopic (exact) mass is 416 g/mol. The number of pyridine rings is 1. The summed E-state index contributed by atoms with van der Waals surface area (Å²) in [5.74, 6) is -0.769. The van der Waals surface area contributed by atoms with Crippen molar-refractivity contribution in [1.29, 1.82) is 0 Å². The van der Waals surface area contributed by atoms with E-state index in [0.29, 0.717) is 24.5 Å². The van der Waals surface area contributed by atoms with Gasteiger partial charge in [0, 0.05) is 24.2 Å². The summed E-state index contributed by atoms with van der Waals surface area (Å²) in [5.41, 5.74) is 1.03. The van der Waals surface area contributed by atoms with E-state index in [1.165, 1.54) is 6.07 Å². The van der Waals surface area contributed by atoms with Gasteiger partial charge in [-0.05, 0) is 56.4 Å². The number of ether oxygens (including phenoxy) is 1. The number of hydrogen-bond acceptors (Lipinski definition) is 4. The molecule has 30 heavy (non-hydrogen) atoms. The predicted molar refractivity (Wildman–Crippen MR) is 113 cm³/mol. The van der Waals surface area contributed by atoms with Gasteiger partial charge in [0.05, 0.1) is 23.9 Å². The summed E-state index contributed by atoms with van der Waals surface area (Å²) < 4.78 is 33.7. The Morgan fingerprint density at radius 2 is 2.07 bits per heavy atom. The van der Waals surface area contributed by atoms with E-state index in [1.807, 2.05) is 6.92 Å². The summed E-state index contributed by atoms with van der Waals surface area (Å²) in [6.45, 7) is 8.17. The van der Waals surface area contributed by atoms with Crippen molar-refractivity contribution in [2.45, 2.75) is 65.0 Å². The first-order valence-electron chi connectivity index (χ1n) is 10.7. The van der Waals surface area contributed by atoms with Crippen LogP contribution in [0.1, 0.15) is 65.1 Å². The predicted octanol–water partition coefficient (Wildman–Crippen LogP) is 5.61. The van der Waals surface area contributed by atoms with E-state index < -0.39 is 17.2 Å². The number of ketones is 1. The van der Waals surface area contributed by atoms with E-state index in [1.54, 1.807) is 25.3 Å². The third-order valence-electron chi connectivity index (χ3n) is 6.04. The largest absolute Gasteiger partial charge is 0.491 e. The minimum atomic E-state index is -0.722. The number of carbonyl (C=O) groups is 1. The molecule has 2 aromatic rings. The van der Waals surface area contributed by atoms with Crippen LogP contribution in [-0.2, 0) is 4.79 Å². The smallest absolute Gasteiger partial charge is 0.168 e. The third kappa shape index (κ3) is 4.69. The second-order valence-corrected chi connectivity index (χ2v) is 8.37. The zero-order chi connectivity index (χ0) is 21.9. The fourth-order valence-electron chi connectivity index (χ4n) is 3.91. The van der Waals surface area contributed by atoms with E-state index in [0.717, 1.165) is 31.0 Å². The van der Waals surface area contributed by atoms with Gasteiger partial charge >= 0.3 is 0 Å². The molecule has 1 aromatic heterocycles. The van der Waals surface area contributed by atoms with Crippen molar-refractivity contribution in [3.63, 3.8) is 0 Å². The van der Waals surface area contributed by atoms with E-state index >= 15 is 0 Å². The minimum Gasteiger partial charge on any atom is -0.491 e. The molecule has 1 N–H and O–H groups in total. The van der Waals surface area contributed by atoms with Gasteiger partial charge < -0.3 is 4.74 Å². The normalized spacial score (nSPS) is 22.1. The highest BCUT2D eigenvalue weighted by molar-refractivity contribution is 5.88. The van der Waals surface area contributed by atoms with Crippen LogP contribution in [0.2, 0.25) is 0 Å². The molecule has 1 aromatic carbocycles. The summed E-state index contributed by atoms with van der Waals surface area (Å²) in [7, 11) is 0. The van der Waals surface area contributed by atoms with Crippen LogP contribution in [0.15, 0.2) is 30.5 Å². The molecule has 2 heterocycles. The van der Waals surface area contributed by atoms with Gasteiger partial charge in [0.1, 0.15) is 5.82 Å². The van der Waals surface area contributed by atoms with E-state index in [9.17, 15) is 13.6 Å². The van der Waals surface area contributed by atoms with Crippen molar-refractivity contribution in [1.82, 2.24) is 10.3 Å². The number of nitrogens with zero attached hydrogens (tertiary/aromatic N) is 1. The number of rotatable bonds is 8. The standard InChI is InChI=1S/C24H30F2N2O2/c1-5-15(3)11-23(29)24(4)9-7-20(28-24)21-12-16(8-10-27-21)17-13-22(30-6-2)19(26)14-18(17)25/h8,10,12-15,20,28H,5-7,9,11H2,1-4H3. The van der Waals surface area contributed by atoms with Gasteiger partial charge in [-0.2, -0.15) is 0 Å². The first-order valence-corrected chi connectivity index (χ1v) is 10.7. The molecule has 1 aliphatic heterocycles. The number of Topliss-reactive ketones (excluding diaryl/α,β-unsaturated/α-hetero) is 1. The summed E-state index contributed by atoms with van der Waals surface area (Å²) in [5, 5.41) is 3.46. The molecule has 1 aliphatic rings. The Morgan fingerprint density at radius 3 is 2.77 bits per heavy atom. The van der Waals surface area contributed by atoms with E-state index in [4.69, 9.17) is 4.74 Å². The molecule has 6 heteroatoms. The highest BCUT2D eigenvalue weighted by atomic mass is 19.1. The Kier molecular flexibility index (Phi) is 6.86. The van der Waals surface area contributed by atoms with Crippen molar-refractivity contribution < 1.29 is 18.3 Å². The van der Waals surface area contributed by atoms with Gasteiger partial charge in [-0.3, -0.25) is 15.1 Å². The summed E-state index contributed by atoms with van der Waals surface area (Å²) in [6, 6.07) is 5.63. The highest BCUT2D eigenvalue weighted by Crippen LogP contribution is 2.36. The number of benzene rings is 1. The van der Waals surface area contributed by atoms with Crippen molar-refractivity contribution >= 4 is 5.78 Å². The van der Waals surface area contributed by atoms with Gasteiger partial charge in [-0.1, -0.05) is 20.3 Å². The van der Waals surface area contributed by atoms with Crippen molar-refractivity contribution in [3.05, 3.63) is 47.8 Å². The molecule has 1 saturated heterocycles. The van der Waals surface area contributed by atoms with Crippen LogP contribution in [0.5, 0.6) is 5.75 Å². The number of aromatic nitrogens is 1. The summed E-state index contributed by atoms with van der Waals surface area (Å²) in [6.07, 6.45) is 4.66. The van der Waals surface area contributed by atoms with Crippen LogP contribution >= 0.6 is 0 Å². The van der Waals surface area contributed by atoms with Gasteiger partial charge in [0.15, 0.2) is 17.3 Å². The van der Waals surface area contributed by atoms with Crippen molar-refractivity contribution in [3.8, 4) is 16.9 Å². The highest BCUT2D eigenvalue weighted by Gasteiger charge is 2.41. The Balaban J connectivity index is 1.83. The van der Waals surface area contributed by atoms with Crippen LogP contribution in [0.3, 0.4) is 0 Å². The SMILES string of the molecule is CCOc1cc(-c2ccnc(C3CCC(C)(C(=O)CC(C)CC)N3)c2)c(F)cc1F. The first kappa shape index (κ1) is 22.3. The molecule has 162 valence electrons. The van der Waals surface area contributed by atoms with Crippen molar-refractivity contribution in [2.24, 2.45) is 5.92 Å². The number of carbonyl (C=O) groups excluding carboxylic acids is 1. The maximum absolute atomic E-state index is 14.5.